The SMILES string of the molecule is Cc1cc(N2CCc3ccccc3C2)nc(Nc2ccccc2Br)n1. The Labute approximate surface area is 156 Å². The van der Waals surface area contributed by atoms with Crippen LogP contribution < -0.4 is 10.2 Å². The molecule has 0 radical (unpaired) electrons. The summed E-state index contributed by atoms with van der Waals surface area (Å²) < 4.78 is 0.994. The molecule has 1 aliphatic rings. The highest BCUT2D eigenvalue weighted by atomic mass is 79.9. The van der Waals surface area contributed by atoms with Gasteiger partial charge in [0.1, 0.15) is 5.82 Å². The Hall–Kier alpha value is -2.40. The van der Waals surface area contributed by atoms with Gasteiger partial charge in [-0.05, 0) is 52.5 Å². The molecule has 2 aromatic carbocycles. The summed E-state index contributed by atoms with van der Waals surface area (Å²) in [5, 5.41) is 3.32. The number of aryl methyl sites for hydroxylation is 1. The van der Waals surface area contributed by atoms with Crippen LogP contribution in [0.5, 0.6) is 0 Å². The van der Waals surface area contributed by atoms with Crippen LogP contribution in [0.1, 0.15) is 16.8 Å². The molecule has 4 rings (SSSR count). The molecule has 1 aliphatic heterocycles. The first-order chi connectivity index (χ1) is 12.2. The van der Waals surface area contributed by atoms with Gasteiger partial charge in [0, 0.05) is 29.3 Å². The second kappa shape index (κ2) is 6.84. The van der Waals surface area contributed by atoms with Crippen molar-refractivity contribution in [2.24, 2.45) is 0 Å². The van der Waals surface area contributed by atoms with Crippen LogP contribution >= 0.6 is 15.9 Å². The van der Waals surface area contributed by atoms with E-state index >= 15 is 0 Å². The normalized spacial score (nSPS) is 13.4. The first kappa shape index (κ1) is 16.1. The van der Waals surface area contributed by atoms with Crippen molar-refractivity contribution >= 4 is 33.4 Å². The summed E-state index contributed by atoms with van der Waals surface area (Å²) in [5.41, 5.74) is 4.74. The van der Waals surface area contributed by atoms with E-state index in [1.54, 1.807) is 0 Å². The van der Waals surface area contributed by atoms with E-state index < -0.39 is 0 Å². The Morgan fingerprint density at radius 2 is 1.76 bits per heavy atom. The van der Waals surface area contributed by atoms with E-state index in [4.69, 9.17) is 4.98 Å². The van der Waals surface area contributed by atoms with Crippen LogP contribution in [0.2, 0.25) is 0 Å². The quantitative estimate of drug-likeness (QED) is 0.688. The zero-order valence-electron chi connectivity index (χ0n) is 14.0. The lowest BCUT2D eigenvalue weighted by Crippen LogP contribution is -2.31. The lowest BCUT2D eigenvalue weighted by atomic mass is 10.00. The summed E-state index contributed by atoms with van der Waals surface area (Å²) in [7, 11) is 0. The van der Waals surface area contributed by atoms with E-state index in [9.17, 15) is 0 Å². The lowest BCUT2D eigenvalue weighted by molar-refractivity contribution is 0.719. The number of halogens is 1. The second-order valence-electron chi connectivity index (χ2n) is 6.24. The van der Waals surface area contributed by atoms with Crippen molar-refractivity contribution in [3.63, 3.8) is 0 Å². The van der Waals surface area contributed by atoms with Gasteiger partial charge in [0.2, 0.25) is 5.95 Å². The maximum absolute atomic E-state index is 4.75. The third kappa shape index (κ3) is 3.51. The number of nitrogens with zero attached hydrogens (tertiary/aromatic N) is 3. The van der Waals surface area contributed by atoms with Gasteiger partial charge in [-0.2, -0.15) is 4.98 Å². The molecule has 0 saturated heterocycles. The van der Waals surface area contributed by atoms with Crippen LogP contribution in [0.4, 0.5) is 17.5 Å². The van der Waals surface area contributed by atoms with E-state index in [0.717, 1.165) is 41.2 Å². The molecule has 0 saturated carbocycles. The number of rotatable bonds is 3. The predicted molar refractivity (Wildman–Crippen MR) is 105 cm³/mol. The number of para-hydroxylation sites is 1. The lowest BCUT2D eigenvalue weighted by Gasteiger charge is -2.30. The first-order valence-electron chi connectivity index (χ1n) is 8.38. The van der Waals surface area contributed by atoms with Crippen molar-refractivity contribution in [3.05, 3.63) is 75.9 Å². The van der Waals surface area contributed by atoms with Gasteiger partial charge in [-0.3, -0.25) is 0 Å². The van der Waals surface area contributed by atoms with E-state index in [2.05, 4.69) is 61.5 Å². The average molecular weight is 395 g/mol. The Kier molecular flexibility index (Phi) is 4.40. The molecular formula is C20H19BrN4. The topological polar surface area (TPSA) is 41.1 Å². The smallest absolute Gasteiger partial charge is 0.229 e. The summed E-state index contributed by atoms with van der Waals surface area (Å²) in [6.07, 6.45) is 1.05. The maximum atomic E-state index is 4.75. The Balaban J connectivity index is 1.61. The van der Waals surface area contributed by atoms with Crippen molar-refractivity contribution in [2.45, 2.75) is 19.9 Å². The Bertz CT molecular complexity index is 910. The van der Waals surface area contributed by atoms with Gasteiger partial charge in [-0.1, -0.05) is 36.4 Å². The summed E-state index contributed by atoms with van der Waals surface area (Å²) in [6, 6.07) is 18.7. The zero-order valence-corrected chi connectivity index (χ0v) is 15.6. The number of hydrogen-bond acceptors (Lipinski definition) is 4. The zero-order chi connectivity index (χ0) is 17.2. The van der Waals surface area contributed by atoms with Gasteiger partial charge in [-0.25, -0.2) is 4.98 Å². The highest BCUT2D eigenvalue weighted by molar-refractivity contribution is 9.10. The molecule has 2 heterocycles. The summed E-state index contributed by atoms with van der Waals surface area (Å²) in [4.78, 5) is 11.6. The van der Waals surface area contributed by atoms with Crippen LogP contribution in [0.15, 0.2) is 59.1 Å². The van der Waals surface area contributed by atoms with Crippen molar-refractivity contribution < 1.29 is 0 Å². The molecule has 1 aromatic heterocycles. The van der Waals surface area contributed by atoms with Crippen molar-refractivity contribution in [2.75, 3.05) is 16.8 Å². The standard InChI is InChI=1S/C20H19BrN4/c1-14-12-19(25-11-10-15-6-2-3-7-16(15)13-25)24-20(22-14)23-18-9-5-4-8-17(18)21/h2-9,12H,10-11,13H2,1H3,(H,22,23,24). The molecule has 0 amide bonds. The molecule has 5 heteroatoms. The monoisotopic (exact) mass is 394 g/mol. The minimum absolute atomic E-state index is 0.626. The molecule has 4 nitrogen and oxygen atoms in total. The molecule has 0 unspecified atom stereocenters. The molecule has 126 valence electrons. The van der Waals surface area contributed by atoms with Crippen LogP contribution in [-0.2, 0) is 13.0 Å². The molecular weight excluding hydrogens is 376 g/mol. The molecule has 0 spiro atoms. The van der Waals surface area contributed by atoms with Crippen LogP contribution in [-0.4, -0.2) is 16.5 Å². The fraction of sp³-hybridized carbons (Fsp3) is 0.200. The van der Waals surface area contributed by atoms with Gasteiger partial charge >= 0.3 is 0 Å². The van der Waals surface area contributed by atoms with Crippen molar-refractivity contribution in [3.8, 4) is 0 Å². The van der Waals surface area contributed by atoms with E-state index in [-0.39, 0.29) is 0 Å². The summed E-state index contributed by atoms with van der Waals surface area (Å²) in [5.74, 6) is 1.59. The number of benzene rings is 2. The Morgan fingerprint density at radius 1 is 1.00 bits per heavy atom. The van der Waals surface area contributed by atoms with E-state index in [0.29, 0.717) is 5.95 Å². The van der Waals surface area contributed by atoms with E-state index in [1.807, 2.05) is 31.2 Å². The third-order valence-corrected chi connectivity index (χ3v) is 5.11. The number of aromatic nitrogens is 2. The minimum atomic E-state index is 0.626. The number of nitrogens with one attached hydrogen (secondary N) is 1. The average Bonchev–Trinajstić information content (AvgIpc) is 2.63. The minimum Gasteiger partial charge on any atom is -0.352 e. The molecule has 0 fully saturated rings. The largest absolute Gasteiger partial charge is 0.352 e. The highest BCUT2D eigenvalue weighted by Crippen LogP contribution is 2.27. The number of hydrogen-bond donors (Lipinski definition) is 1. The predicted octanol–water partition coefficient (Wildman–Crippen LogP) is 4.85. The highest BCUT2D eigenvalue weighted by Gasteiger charge is 2.18. The van der Waals surface area contributed by atoms with E-state index in [1.165, 1.54) is 11.1 Å². The fourth-order valence-electron chi connectivity index (χ4n) is 3.14. The molecule has 0 atom stereocenters. The summed E-state index contributed by atoms with van der Waals surface area (Å²) in [6.45, 7) is 3.87. The van der Waals surface area contributed by atoms with Gasteiger partial charge < -0.3 is 10.2 Å². The molecule has 1 N–H and O–H groups in total. The molecule has 0 bridgehead atoms. The van der Waals surface area contributed by atoms with Crippen LogP contribution in [0.3, 0.4) is 0 Å². The van der Waals surface area contributed by atoms with Gasteiger partial charge in [0.15, 0.2) is 0 Å². The maximum Gasteiger partial charge on any atom is 0.229 e. The fourth-order valence-corrected chi connectivity index (χ4v) is 3.53. The summed E-state index contributed by atoms with van der Waals surface area (Å²) >= 11 is 3.56. The number of fused-ring (bicyclic) bond motifs is 1. The molecule has 3 aromatic rings. The second-order valence-corrected chi connectivity index (χ2v) is 7.09. The Morgan fingerprint density at radius 3 is 2.60 bits per heavy atom. The van der Waals surface area contributed by atoms with Crippen LogP contribution in [0, 0.1) is 6.92 Å². The van der Waals surface area contributed by atoms with Gasteiger partial charge in [-0.15, -0.1) is 0 Å². The van der Waals surface area contributed by atoms with Crippen molar-refractivity contribution in [1.82, 2.24) is 9.97 Å². The molecule has 25 heavy (non-hydrogen) atoms. The van der Waals surface area contributed by atoms with Gasteiger partial charge in [0.05, 0.1) is 5.69 Å². The third-order valence-electron chi connectivity index (χ3n) is 4.42. The first-order valence-corrected chi connectivity index (χ1v) is 9.17. The van der Waals surface area contributed by atoms with Crippen LogP contribution in [0.25, 0.3) is 0 Å². The number of anilines is 3. The molecule has 0 aliphatic carbocycles. The van der Waals surface area contributed by atoms with Gasteiger partial charge in [0.25, 0.3) is 0 Å². The van der Waals surface area contributed by atoms with Crippen molar-refractivity contribution in [1.29, 1.82) is 0 Å².